The molecular weight excluding hydrogens is 424 g/mol. The molecule has 164 valence electrons. The second-order valence-electron chi connectivity index (χ2n) is 5.81. The number of ether oxygens (including phenoxy) is 2. The molecule has 0 atom stereocenters. The number of nitrogens with zero attached hydrogens (tertiary/aromatic N) is 1. The molecule has 0 aliphatic heterocycles. The Balaban J connectivity index is 2.41. The average molecular weight is 446 g/mol. The van der Waals surface area contributed by atoms with Crippen LogP contribution in [0.1, 0.15) is 6.42 Å². The number of anilines is 1. The molecule has 0 aliphatic rings. The maximum absolute atomic E-state index is 12.1. The van der Waals surface area contributed by atoms with Gasteiger partial charge in [0.15, 0.2) is 0 Å². The van der Waals surface area contributed by atoms with Crippen LogP contribution in [0.25, 0.3) is 0 Å². The third-order valence-corrected chi connectivity index (χ3v) is 4.60. The van der Waals surface area contributed by atoms with Gasteiger partial charge in [-0.25, -0.2) is 14.6 Å². The quantitative estimate of drug-likeness (QED) is 0.395. The standard InChI is InChI=1S/C20H22N4O6S/c1-29-19(27)23-18(24-20(28)30-2)22-15-9-8-14(31-13-6-4-3-5-7-13)12-16(15)21-17(26)10-11-25/h3-9,12,25H,10-11H2,1-2H3,(H,21,26)(H2,22,23,24,27,28). The van der Waals surface area contributed by atoms with Crippen molar-refractivity contribution in [2.24, 2.45) is 4.99 Å². The minimum Gasteiger partial charge on any atom is -0.453 e. The molecule has 0 saturated carbocycles. The number of amides is 3. The summed E-state index contributed by atoms with van der Waals surface area (Å²) in [4.78, 5) is 41.2. The summed E-state index contributed by atoms with van der Waals surface area (Å²) in [5.74, 6) is -0.691. The SMILES string of the molecule is COC(=O)NC(=Nc1ccc(Sc2ccccc2)cc1NC(=O)CCO)NC(=O)OC. The zero-order chi connectivity index (χ0) is 22.6. The maximum Gasteiger partial charge on any atom is 0.413 e. The number of benzene rings is 2. The Morgan fingerprint density at radius 3 is 2.19 bits per heavy atom. The third-order valence-electron chi connectivity index (χ3n) is 3.60. The van der Waals surface area contributed by atoms with E-state index >= 15 is 0 Å². The molecule has 0 radical (unpaired) electrons. The zero-order valence-electron chi connectivity index (χ0n) is 16.9. The van der Waals surface area contributed by atoms with Crippen LogP contribution >= 0.6 is 11.8 Å². The van der Waals surface area contributed by atoms with Crippen LogP contribution in [0.4, 0.5) is 21.0 Å². The lowest BCUT2D eigenvalue weighted by Gasteiger charge is -2.13. The summed E-state index contributed by atoms with van der Waals surface area (Å²) >= 11 is 1.47. The Morgan fingerprint density at radius 2 is 1.61 bits per heavy atom. The number of alkyl carbamates (subject to hydrolysis) is 2. The second-order valence-corrected chi connectivity index (χ2v) is 6.96. The van der Waals surface area contributed by atoms with Crippen molar-refractivity contribution in [3.05, 3.63) is 48.5 Å². The summed E-state index contributed by atoms with van der Waals surface area (Å²) in [6, 6.07) is 14.7. The molecular formula is C20H22N4O6S. The molecule has 2 aromatic carbocycles. The van der Waals surface area contributed by atoms with Gasteiger partial charge in [-0.05, 0) is 30.3 Å². The first kappa shape index (κ1) is 23.7. The van der Waals surface area contributed by atoms with Gasteiger partial charge in [0.05, 0.1) is 38.6 Å². The van der Waals surface area contributed by atoms with Gasteiger partial charge < -0.3 is 19.9 Å². The van der Waals surface area contributed by atoms with Crippen LogP contribution < -0.4 is 16.0 Å². The van der Waals surface area contributed by atoms with Gasteiger partial charge in [0.2, 0.25) is 11.9 Å². The zero-order valence-corrected chi connectivity index (χ0v) is 17.7. The van der Waals surface area contributed by atoms with E-state index in [9.17, 15) is 14.4 Å². The second kappa shape index (κ2) is 12.2. The lowest BCUT2D eigenvalue weighted by atomic mass is 10.2. The molecule has 0 heterocycles. The predicted octanol–water partition coefficient (Wildman–Crippen LogP) is 2.86. The Kier molecular flexibility index (Phi) is 9.33. The van der Waals surface area contributed by atoms with Crippen LogP contribution in [0.5, 0.6) is 0 Å². The highest BCUT2D eigenvalue weighted by atomic mass is 32.2. The van der Waals surface area contributed by atoms with Crippen LogP contribution in [0, 0.1) is 0 Å². The highest BCUT2D eigenvalue weighted by molar-refractivity contribution is 7.99. The largest absolute Gasteiger partial charge is 0.453 e. The topological polar surface area (TPSA) is 138 Å². The van der Waals surface area contributed by atoms with E-state index in [2.05, 4.69) is 30.4 Å². The lowest BCUT2D eigenvalue weighted by molar-refractivity contribution is -0.116. The van der Waals surface area contributed by atoms with Crippen molar-refractivity contribution in [2.45, 2.75) is 16.2 Å². The van der Waals surface area contributed by atoms with Crippen LogP contribution in [0.3, 0.4) is 0 Å². The fraction of sp³-hybridized carbons (Fsp3) is 0.200. The lowest BCUT2D eigenvalue weighted by Crippen LogP contribution is -2.43. The Hall–Kier alpha value is -3.57. The maximum atomic E-state index is 12.1. The first-order valence-electron chi connectivity index (χ1n) is 9.01. The average Bonchev–Trinajstić information content (AvgIpc) is 2.76. The Bertz CT molecular complexity index is 932. The summed E-state index contributed by atoms with van der Waals surface area (Å²) in [6.07, 6.45) is -1.83. The van der Waals surface area contributed by atoms with Gasteiger partial charge in [-0.1, -0.05) is 30.0 Å². The third kappa shape index (κ3) is 7.99. The molecule has 10 nitrogen and oxygen atoms in total. The minimum absolute atomic E-state index is 0.104. The first-order chi connectivity index (χ1) is 14.9. The number of rotatable bonds is 6. The predicted molar refractivity (Wildman–Crippen MR) is 116 cm³/mol. The van der Waals surface area contributed by atoms with E-state index in [4.69, 9.17) is 5.11 Å². The van der Waals surface area contributed by atoms with Gasteiger partial charge in [-0.3, -0.25) is 15.4 Å². The fourth-order valence-corrected chi connectivity index (χ4v) is 3.10. The van der Waals surface area contributed by atoms with Crippen LogP contribution in [0.15, 0.2) is 63.3 Å². The van der Waals surface area contributed by atoms with Crippen molar-refractivity contribution in [1.29, 1.82) is 0 Å². The molecule has 0 saturated heterocycles. The van der Waals surface area contributed by atoms with Crippen LogP contribution in [0.2, 0.25) is 0 Å². The van der Waals surface area contributed by atoms with Crippen LogP contribution in [-0.2, 0) is 14.3 Å². The van der Waals surface area contributed by atoms with Crippen molar-refractivity contribution in [2.75, 3.05) is 26.1 Å². The number of aliphatic hydroxyl groups excluding tert-OH is 1. The van der Waals surface area contributed by atoms with Gasteiger partial charge >= 0.3 is 12.2 Å². The number of hydrogen-bond acceptors (Lipinski definition) is 8. The Labute approximate surface area is 183 Å². The van der Waals surface area contributed by atoms with Crippen LogP contribution in [-0.4, -0.2) is 50.0 Å². The number of nitrogens with one attached hydrogen (secondary N) is 3. The number of guanidine groups is 1. The minimum atomic E-state index is -0.864. The number of hydrogen-bond donors (Lipinski definition) is 4. The molecule has 0 aromatic heterocycles. The normalized spacial score (nSPS) is 9.90. The number of carbonyl (C=O) groups is 3. The number of methoxy groups -OCH3 is 2. The summed E-state index contributed by atoms with van der Waals surface area (Å²) in [5, 5.41) is 16.2. The molecule has 2 rings (SSSR count). The van der Waals surface area contributed by atoms with E-state index in [-0.39, 0.29) is 24.7 Å². The molecule has 2 aromatic rings. The van der Waals surface area contributed by atoms with Gasteiger partial charge in [0.1, 0.15) is 0 Å². The molecule has 0 aliphatic carbocycles. The summed E-state index contributed by atoms with van der Waals surface area (Å²) in [5.41, 5.74) is 0.557. The fourth-order valence-electron chi connectivity index (χ4n) is 2.22. The van der Waals surface area contributed by atoms with Gasteiger partial charge in [-0.15, -0.1) is 0 Å². The van der Waals surface area contributed by atoms with E-state index in [1.54, 1.807) is 18.2 Å². The van der Waals surface area contributed by atoms with Gasteiger partial charge in [0.25, 0.3) is 0 Å². The Morgan fingerprint density at radius 1 is 0.968 bits per heavy atom. The molecule has 0 fully saturated rings. The molecule has 31 heavy (non-hydrogen) atoms. The van der Waals surface area contributed by atoms with Crippen molar-refractivity contribution in [3.63, 3.8) is 0 Å². The molecule has 11 heteroatoms. The first-order valence-corrected chi connectivity index (χ1v) is 9.83. The van der Waals surface area contributed by atoms with Crippen molar-refractivity contribution >= 4 is 47.2 Å². The summed E-state index contributed by atoms with van der Waals surface area (Å²) in [7, 11) is 2.31. The van der Waals surface area contributed by atoms with Crippen molar-refractivity contribution < 1.29 is 29.0 Å². The molecule has 0 unspecified atom stereocenters. The van der Waals surface area contributed by atoms with Crippen molar-refractivity contribution in [3.8, 4) is 0 Å². The highest BCUT2D eigenvalue weighted by Gasteiger charge is 2.14. The summed E-state index contributed by atoms with van der Waals surface area (Å²) in [6.45, 7) is -0.318. The van der Waals surface area contributed by atoms with E-state index in [1.165, 1.54) is 11.8 Å². The highest BCUT2D eigenvalue weighted by Crippen LogP contribution is 2.34. The van der Waals surface area contributed by atoms with E-state index in [1.807, 2.05) is 30.3 Å². The van der Waals surface area contributed by atoms with E-state index in [0.29, 0.717) is 5.69 Å². The molecule has 0 spiro atoms. The number of aliphatic imine (C=N–C) groups is 1. The molecule has 4 N–H and O–H groups in total. The van der Waals surface area contributed by atoms with E-state index < -0.39 is 18.1 Å². The summed E-state index contributed by atoms with van der Waals surface area (Å²) < 4.78 is 9.04. The molecule has 3 amide bonds. The van der Waals surface area contributed by atoms with Gasteiger partial charge in [0, 0.05) is 9.79 Å². The number of carbonyl (C=O) groups excluding carboxylic acids is 3. The monoisotopic (exact) mass is 446 g/mol. The van der Waals surface area contributed by atoms with E-state index in [0.717, 1.165) is 24.0 Å². The van der Waals surface area contributed by atoms with Crippen molar-refractivity contribution in [1.82, 2.24) is 10.6 Å². The molecule has 0 bridgehead atoms. The number of aliphatic hydroxyl groups is 1. The smallest absolute Gasteiger partial charge is 0.413 e. The van der Waals surface area contributed by atoms with Gasteiger partial charge in [-0.2, -0.15) is 0 Å².